The Bertz CT molecular complexity index is 878. The fourth-order valence-electron chi connectivity index (χ4n) is 3.92. The zero-order valence-electron chi connectivity index (χ0n) is 15.5. The number of benzene rings is 1. The lowest BCUT2D eigenvalue weighted by Crippen LogP contribution is -2.42. The van der Waals surface area contributed by atoms with Crippen molar-refractivity contribution in [3.05, 3.63) is 78.4 Å². The molecule has 4 rings (SSSR count). The van der Waals surface area contributed by atoms with Crippen LogP contribution in [0.1, 0.15) is 23.6 Å². The van der Waals surface area contributed by atoms with Crippen molar-refractivity contribution in [2.75, 3.05) is 20.2 Å². The highest BCUT2D eigenvalue weighted by Gasteiger charge is 2.29. The van der Waals surface area contributed by atoms with Gasteiger partial charge in [0.25, 0.3) is 0 Å². The summed E-state index contributed by atoms with van der Waals surface area (Å²) in [5.41, 5.74) is 3.42. The zero-order chi connectivity index (χ0) is 18.6. The SMILES string of the molecule is COc1cccc([C@H]2CCN(Cc3cccn3-c3cccnc3)C[C@@H]2O)c1. The Hall–Kier alpha value is -2.63. The number of hydrogen-bond donors (Lipinski definition) is 1. The van der Waals surface area contributed by atoms with Crippen LogP contribution in [0, 0.1) is 0 Å². The summed E-state index contributed by atoms with van der Waals surface area (Å²) in [4.78, 5) is 6.54. The topological polar surface area (TPSA) is 50.5 Å². The van der Waals surface area contributed by atoms with E-state index in [-0.39, 0.29) is 12.0 Å². The highest BCUT2D eigenvalue weighted by molar-refractivity contribution is 5.33. The molecule has 5 heteroatoms. The first-order valence-electron chi connectivity index (χ1n) is 9.35. The molecule has 1 aliphatic rings. The van der Waals surface area contributed by atoms with Gasteiger partial charge in [-0.05, 0) is 54.9 Å². The summed E-state index contributed by atoms with van der Waals surface area (Å²) in [5, 5.41) is 10.8. The maximum Gasteiger partial charge on any atom is 0.119 e. The Morgan fingerprint density at radius 2 is 2.11 bits per heavy atom. The van der Waals surface area contributed by atoms with Crippen LogP contribution in [-0.2, 0) is 6.54 Å². The minimum Gasteiger partial charge on any atom is -0.497 e. The molecule has 0 aliphatic carbocycles. The van der Waals surface area contributed by atoms with Gasteiger partial charge < -0.3 is 14.4 Å². The second-order valence-electron chi connectivity index (χ2n) is 7.05. The van der Waals surface area contributed by atoms with E-state index in [1.165, 1.54) is 5.69 Å². The molecule has 2 atom stereocenters. The van der Waals surface area contributed by atoms with Gasteiger partial charge in [-0.15, -0.1) is 0 Å². The fraction of sp³-hybridized carbons (Fsp3) is 0.318. The Morgan fingerprint density at radius 3 is 2.89 bits per heavy atom. The van der Waals surface area contributed by atoms with Gasteiger partial charge >= 0.3 is 0 Å². The summed E-state index contributed by atoms with van der Waals surface area (Å²) in [6.45, 7) is 2.43. The lowest BCUT2D eigenvalue weighted by atomic mass is 9.87. The minimum atomic E-state index is -0.382. The molecule has 0 spiro atoms. The van der Waals surface area contributed by atoms with Crippen molar-refractivity contribution in [1.29, 1.82) is 0 Å². The van der Waals surface area contributed by atoms with Gasteiger partial charge in [-0.25, -0.2) is 0 Å². The molecule has 140 valence electrons. The van der Waals surface area contributed by atoms with Crippen LogP contribution >= 0.6 is 0 Å². The third-order valence-corrected chi connectivity index (χ3v) is 5.33. The van der Waals surface area contributed by atoms with E-state index in [2.05, 4.69) is 44.9 Å². The predicted octanol–water partition coefficient (Wildman–Crippen LogP) is 3.23. The van der Waals surface area contributed by atoms with Crippen LogP contribution < -0.4 is 4.74 Å². The molecule has 0 saturated carbocycles. The Balaban J connectivity index is 1.44. The third kappa shape index (κ3) is 3.89. The molecule has 1 saturated heterocycles. The van der Waals surface area contributed by atoms with Crippen molar-refractivity contribution in [1.82, 2.24) is 14.5 Å². The first-order chi connectivity index (χ1) is 13.2. The molecule has 1 aromatic carbocycles. The number of β-amino-alcohol motifs (C(OH)–C–C–N with tert-alkyl or cyclic N) is 1. The van der Waals surface area contributed by atoms with Gasteiger partial charge in [-0.1, -0.05) is 12.1 Å². The van der Waals surface area contributed by atoms with Gasteiger partial charge in [0.15, 0.2) is 0 Å². The molecular weight excluding hydrogens is 338 g/mol. The van der Waals surface area contributed by atoms with E-state index < -0.39 is 0 Å². The molecule has 3 heterocycles. The van der Waals surface area contributed by atoms with Gasteiger partial charge in [0, 0.05) is 37.1 Å². The van der Waals surface area contributed by atoms with Crippen molar-refractivity contribution in [2.24, 2.45) is 0 Å². The largest absolute Gasteiger partial charge is 0.497 e. The molecule has 3 aromatic rings. The van der Waals surface area contributed by atoms with E-state index >= 15 is 0 Å². The molecular formula is C22H25N3O2. The highest BCUT2D eigenvalue weighted by Crippen LogP contribution is 2.31. The molecule has 1 fully saturated rings. The number of likely N-dealkylation sites (tertiary alicyclic amines) is 1. The maximum atomic E-state index is 10.8. The van der Waals surface area contributed by atoms with Gasteiger partial charge in [-0.3, -0.25) is 9.88 Å². The fourth-order valence-corrected chi connectivity index (χ4v) is 3.92. The number of pyridine rings is 1. The second kappa shape index (κ2) is 7.94. The van der Waals surface area contributed by atoms with Gasteiger partial charge in [0.2, 0.25) is 0 Å². The van der Waals surface area contributed by atoms with Crippen LogP contribution in [0.4, 0.5) is 0 Å². The van der Waals surface area contributed by atoms with Gasteiger partial charge in [0.1, 0.15) is 5.75 Å². The number of methoxy groups -OCH3 is 1. The first-order valence-corrected chi connectivity index (χ1v) is 9.35. The molecule has 0 unspecified atom stereocenters. The molecule has 27 heavy (non-hydrogen) atoms. The van der Waals surface area contributed by atoms with Gasteiger partial charge in [0.05, 0.1) is 25.1 Å². The molecule has 0 radical (unpaired) electrons. The number of rotatable bonds is 5. The summed E-state index contributed by atoms with van der Waals surface area (Å²) in [7, 11) is 1.68. The average Bonchev–Trinajstić information content (AvgIpc) is 3.17. The van der Waals surface area contributed by atoms with Crippen LogP contribution in [-0.4, -0.2) is 45.9 Å². The van der Waals surface area contributed by atoms with E-state index in [1.54, 1.807) is 13.3 Å². The van der Waals surface area contributed by atoms with Crippen LogP contribution in [0.5, 0.6) is 5.75 Å². The number of aliphatic hydroxyl groups is 1. The predicted molar refractivity (Wildman–Crippen MR) is 105 cm³/mol. The van der Waals surface area contributed by atoms with Gasteiger partial charge in [-0.2, -0.15) is 0 Å². The van der Waals surface area contributed by atoms with E-state index in [0.717, 1.165) is 36.5 Å². The molecule has 0 amide bonds. The Kier molecular flexibility index (Phi) is 5.23. The van der Waals surface area contributed by atoms with E-state index in [4.69, 9.17) is 4.74 Å². The summed E-state index contributed by atoms with van der Waals surface area (Å²) < 4.78 is 7.49. The van der Waals surface area contributed by atoms with Crippen LogP contribution in [0.25, 0.3) is 5.69 Å². The van der Waals surface area contributed by atoms with Crippen molar-refractivity contribution >= 4 is 0 Å². The van der Waals surface area contributed by atoms with E-state index in [1.807, 2.05) is 30.5 Å². The average molecular weight is 363 g/mol. The zero-order valence-corrected chi connectivity index (χ0v) is 15.5. The first kappa shape index (κ1) is 17.8. The summed E-state index contributed by atoms with van der Waals surface area (Å²) in [6.07, 6.45) is 6.26. The number of ether oxygens (including phenoxy) is 1. The Morgan fingerprint density at radius 1 is 1.19 bits per heavy atom. The van der Waals surface area contributed by atoms with Crippen molar-refractivity contribution in [3.8, 4) is 11.4 Å². The highest BCUT2D eigenvalue weighted by atomic mass is 16.5. The van der Waals surface area contributed by atoms with Crippen LogP contribution in [0.15, 0.2) is 67.1 Å². The lowest BCUT2D eigenvalue weighted by molar-refractivity contribution is 0.0469. The quantitative estimate of drug-likeness (QED) is 0.756. The van der Waals surface area contributed by atoms with E-state index in [9.17, 15) is 5.11 Å². The summed E-state index contributed by atoms with van der Waals surface area (Å²) in [6, 6.07) is 16.3. The monoisotopic (exact) mass is 363 g/mol. The molecule has 1 N–H and O–H groups in total. The van der Waals surface area contributed by atoms with Crippen molar-refractivity contribution in [2.45, 2.75) is 25.0 Å². The molecule has 0 bridgehead atoms. The van der Waals surface area contributed by atoms with Crippen LogP contribution in [0.3, 0.4) is 0 Å². The molecule has 5 nitrogen and oxygen atoms in total. The number of aliphatic hydroxyl groups excluding tert-OH is 1. The number of piperidine rings is 1. The van der Waals surface area contributed by atoms with E-state index in [0.29, 0.717) is 6.54 Å². The number of aromatic nitrogens is 2. The lowest BCUT2D eigenvalue weighted by Gasteiger charge is -2.36. The van der Waals surface area contributed by atoms with Crippen LogP contribution in [0.2, 0.25) is 0 Å². The summed E-state index contributed by atoms with van der Waals surface area (Å²) >= 11 is 0. The smallest absolute Gasteiger partial charge is 0.119 e. The molecule has 2 aromatic heterocycles. The summed E-state index contributed by atoms with van der Waals surface area (Å²) in [5.74, 6) is 0.998. The number of hydrogen-bond acceptors (Lipinski definition) is 4. The number of nitrogens with zero attached hydrogens (tertiary/aromatic N) is 3. The van der Waals surface area contributed by atoms with Crippen molar-refractivity contribution < 1.29 is 9.84 Å². The maximum absolute atomic E-state index is 10.8. The standard InChI is InChI=1S/C22H25N3O2/c1-27-20-8-2-5-17(13-20)21-9-12-24(16-22(21)26)15-19-7-4-11-25(19)18-6-3-10-23-14-18/h2-8,10-11,13-14,21-22,26H,9,12,15-16H2,1H3/t21-,22+/m1/s1. The second-order valence-corrected chi connectivity index (χ2v) is 7.05. The van der Waals surface area contributed by atoms with Crippen molar-refractivity contribution in [3.63, 3.8) is 0 Å². The Labute approximate surface area is 159 Å². The minimum absolute atomic E-state index is 0.154. The third-order valence-electron chi connectivity index (χ3n) is 5.33. The normalized spacial score (nSPS) is 20.5. The molecule has 1 aliphatic heterocycles.